The zero-order valence-corrected chi connectivity index (χ0v) is 12.1. The quantitative estimate of drug-likeness (QED) is 0.587. The molecule has 4 nitrogen and oxygen atoms in total. The van der Waals surface area contributed by atoms with E-state index in [0.29, 0.717) is 9.99 Å². The molecule has 1 aromatic rings. The van der Waals surface area contributed by atoms with Crippen molar-refractivity contribution in [2.75, 3.05) is 0 Å². The summed E-state index contributed by atoms with van der Waals surface area (Å²) in [5.41, 5.74) is 0.361. The molecule has 1 unspecified atom stereocenters. The number of rotatable bonds is 0. The van der Waals surface area contributed by atoms with E-state index < -0.39 is 11.9 Å². The monoisotopic (exact) mass is 306 g/mol. The van der Waals surface area contributed by atoms with Crippen LogP contribution < -0.4 is 4.74 Å². The number of ketones is 2. The van der Waals surface area contributed by atoms with Crippen LogP contribution in [0.3, 0.4) is 0 Å². The number of ether oxygens (including phenoxy) is 1. The first kappa shape index (κ1) is 13.3. The summed E-state index contributed by atoms with van der Waals surface area (Å²) < 4.78 is 6.19. The Bertz CT molecular complexity index is 666. The molecule has 1 atom stereocenters. The number of phenols is 1. The van der Waals surface area contributed by atoms with Gasteiger partial charge in [0.25, 0.3) is 0 Å². The Hall–Kier alpha value is -1.66. The molecule has 0 saturated carbocycles. The van der Waals surface area contributed by atoms with Crippen LogP contribution in [-0.2, 0) is 4.79 Å². The van der Waals surface area contributed by atoms with Crippen LogP contribution in [0.5, 0.6) is 11.5 Å². The Kier molecular flexibility index (Phi) is 3.35. The summed E-state index contributed by atoms with van der Waals surface area (Å²) in [6, 6.07) is 4.27. The molecule has 102 valence electrons. The number of hydrogen-bond donors (Lipinski definition) is 1. The zero-order valence-electron chi connectivity index (χ0n) is 10.5. The van der Waals surface area contributed by atoms with Gasteiger partial charge in [-0.1, -0.05) is 23.5 Å². The fraction of sp³-hybridized carbons (Fsp3) is 0.143. The predicted octanol–water partition coefficient (Wildman–Crippen LogP) is 3.09. The van der Waals surface area contributed by atoms with Gasteiger partial charge in [-0.05, 0) is 35.9 Å². The van der Waals surface area contributed by atoms with Crippen LogP contribution in [0.15, 0.2) is 38.8 Å². The Morgan fingerprint density at radius 1 is 1.20 bits per heavy atom. The Morgan fingerprint density at radius 3 is 2.60 bits per heavy atom. The summed E-state index contributed by atoms with van der Waals surface area (Å²) in [5, 5.41) is 13.2. The minimum absolute atomic E-state index is 0.0306. The molecule has 0 aromatic heterocycles. The number of fused-ring (bicyclic) bond motifs is 1. The highest BCUT2D eigenvalue weighted by Crippen LogP contribution is 2.43. The van der Waals surface area contributed by atoms with Gasteiger partial charge >= 0.3 is 0 Å². The van der Waals surface area contributed by atoms with Crippen LogP contribution in [0.4, 0.5) is 0 Å². The lowest BCUT2D eigenvalue weighted by Gasteiger charge is -2.11. The van der Waals surface area contributed by atoms with Gasteiger partial charge in [0, 0.05) is 0 Å². The fourth-order valence-electron chi connectivity index (χ4n) is 2.01. The van der Waals surface area contributed by atoms with Crippen LogP contribution >= 0.6 is 23.5 Å². The molecule has 2 heterocycles. The van der Waals surface area contributed by atoms with E-state index in [1.807, 2.05) is 10.8 Å². The van der Waals surface area contributed by atoms with Crippen molar-refractivity contribution in [3.05, 3.63) is 44.4 Å². The van der Waals surface area contributed by atoms with E-state index in [0.717, 1.165) is 0 Å². The van der Waals surface area contributed by atoms with Crippen LogP contribution in [-0.4, -0.2) is 22.8 Å². The first-order chi connectivity index (χ1) is 9.58. The molecule has 0 spiro atoms. The SMILES string of the molecule is CC1Oc2ccc(O)cc2C(=O)C(=C2SC=CS2)C1=O. The molecular weight excluding hydrogens is 296 g/mol. The molecule has 0 fully saturated rings. The number of aromatic hydroxyl groups is 1. The lowest BCUT2D eigenvalue weighted by molar-refractivity contribution is -0.120. The van der Waals surface area contributed by atoms with Crippen molar-refractivity contribution in [3.63, 3.8) is 0 Å². The summed E-state index contributed by atoms with van der Waals surface area (Å²) in [6.07, 6.45) is -0.728. The molecule has 0 amide bonds. The van der Waals surface area contributed by atoms with E-state index >= 15 is 0 Å². The molecule has 3 rings (SSSR count). The van der Waals surface area contributed by atoms with Gasteiger partial charge in [-0.2, -0.15) is 0 Å². The smallest absolute Gasteiger partial charge is 0.208 e. The second kappa shape index (κ2) is 5.03. The third-order valence-electron chi connectivity index (χ3n) is 2.96. The van der Waals surface area contributed by atoms with E-state index in [-0.39, 0.29) is 22.7 Å². The first-order valence-corrected chi connectivity index (χ1v) is 7.65. The summed E-state index contributed by atoms with van der Waals surface area (Å²) >= 11 is 2.70. The highest BCUT2D eigenvalue weighted by Gasteiger charge is 2.35. The van der Waals surface area contributed by atoms with Gasteiger partial charge in [0.05, 0.1) is 15.4 Å². The topological polar surface area (TPSA) is 63.6 Å². The number of hydrogen-bond acceptors (Lipinski definition) is 6. The molecule has 0 aliphatic carbocycles. The third kappa shape index (κ3) is 2.14. The van der Waals surface area contributed by atoms with E-state index in [1.165, 1.54) is 41.7 Å². The van der Waals surface area contributed by atoms with Crippen LogP contribution in [0.2, 0.25) is 0 Å². The van der Waals surface area contributed by atoms with Crippen molar-refractivity contribution in [2.45, 2.75) is 13.0 Å². The molecule has 6 heteroatoms. The van der Waals surface area contributed by atoms with Crippen LogP contribution in [0.1, 0.15) is 17.3 Å². The van der Waals surface area contributed by atoms with Gasteiger partial charge in [0.1, 0.15) is 11.5 Å². The number of thioether (sulfide) groups is 2. The maximum absolute atomic E-state index is 12.6. The molecule has 2 aliphatic heterocycles. The maximum Gasteiger partial charge on any atom is 0.208 e. The van der Waals surface area contributed by atoms with Crippen molar-refractivity contribution in [1.82, 2.24) is 0 Å². The second-order valence-electron chi connectivity index (χ2n) is 4.30. The van der Waals surface area contributed by atoms with Crippen molar-refractivity contribution < 1.29 is 19.4 Å². The van der Waals surface area contributed by atoms with Gasteiger partial charge in [0.2, 0.25) is 11.6 Å². The summed E-state index contributed by atoms with van der Waals surface area (Å²) in [6.45, 7) is 1.62. The summed E-state index contributed by atoms with van der Waals surface area (Å²) in [4.78, 5) is 25.0. The molecule has 20 heavy (non-hydrogen) atoms. The largest absolute Gasteiger partial charge is 0.508 e. The number of phenolic OH excluding ortho intramolecular Hbond substituents is 1. The van der Waals surface area contributed by atoms with E-state index in [2.05, 4.69) is 0 Å². The van der Waals surface area contributed by atoms with Gasteiger partial charge in [-0.3, -0.25) is 9.59 Å². The summed E-state index contributed by atoms with van der Waals surface area (Å²) in [5.74, 6) is -0.435. The van der Waals surface area contributed by atoms with Crippen LogP contribution in [0.25, 0.3) is 0 Å². The Balaban J connectivity index is 2.19. The van der Waals surface area contributed by atoms with E-state index in [4.69, 9.17) is 4.74 Å². The summed E-state index contributed by atoms with van der Waals surface area (Å²) in [7, 11) is 0. The lowest BCUT2D eigenvalue weighted by atomic mass is 10.00. The number of benzene rings is 1. The van der Waals surface area contributed by atoms with Crippen molar-refractivity contribution >= 4 is 35.1 Å². The molecule has 2 aliphatic rings. The predicted molar refractivity (Wildman–Crippen MR) is 78.9 cm³/mol. The third-order valence-corrected chi connectivity index (χ3v) is 5.09. The molecule has 1 aromatic carbocycles. The average Bonchev–Trinajstić information content (AvgIpc) is 2.91. The molecule has 0 radical (unpaired) electrons. The lowest BCUT2D eigenvalue weighted by Crippen LogP contribution is -2.25. The standard InChI is InChI=1S/C14H10O4S2/c1-7-12(16)11(14-19-4-5-20-14)13(17)9-6-8(15)2-3-10(9)18-7/h2-7,15H,1H3. The van der Waals surface area contributed by atoms with Crippen molar-refractivity contribution in [2.24, 2.45) is 0 Å². The Labute approximate surface area is 123 Å². The maximum atomic E-state index is 12.6. The molecule has 0 saturated heterocycles. The number of carbonyl (C=O) groups excluding carboxylic acids is 2. The number of Topliss-reactive ketones (excluding diaryl/α,β-unsaturated/α-hetero) is 2. The Morgan fingerprint density at radius 2 is 1.90 bits per heavy atom. The highest BCUT2D eigenvalue weighted by atomic mass is 32.2. The normalized spacial score (nSPS) is 21.8. The molecule has 1 N–H and O–H groups in total. The fourth-order valence-corrected chi connectivity index (χ4v) is 3.88. The second-order valence-corrected chi connectivity index (χ2v) is 6.39. The van der Waals surface area contributed by atoms with E-state index in [9.17, 15) is 14.7 Å². The van der Waals surface area contributed by atoms with Crippen molar-refractivity contribution in [1.29, 1.82) is 0 Å². The van der Waals surface area contributed by atoms with E-state index in [1.54, 1.807) is 6.92 Å². The molecular formula is C14H10O4S2. The minimum Gasteiger partial charge on any atom is -0.508 e. The zero-order chi connectivity index (χ0) is 14.3. The van der Waals surface area contributed by atoms with Crippen molar-refractivity contribution in [3.8, 4) is 11.5 Å². The van der Waals surface area contributed by atoms with Gasteiger partial charge in [-0.25, -0.2) is 0 Å². The first-order valence-electron chi connectivity index (χ1n) is 5.89. The van der Waals surface area contributed by atoms with Crippen LogP contribution in [0, 0.1) is 0 Å². The van der Waals surface area contributed by atoms with Gasteiger partial charge in [-0.15, -0.1) is 0 Å². The van der Waals surface area contributed by atoms with Gasteiger partial charge < -0.3 is 9.84 Å². The molecule has 0 bridgehead atoms. The average molecular weight is 306 g/mol. The minimum atomic E-state index is -0.728. The number of carbonyl (C=O) groups is 2. The highest BCUT2D eigenvalue weighted by molar-refractivity contribution is 8.27. The van der Waals surface area contributed by atoms with Gasteiger partial charge in [0.15, 0.2) is 6.10 Å².